The molecule has 1 aliphatic heterocycles. The van der Waals surface area contributed by atoms with Gasteiger partial charge in [-0.15, -0.1) is 24.0 Å². The summed E-state index contributed by atoms with van der Waals surface area (Å²) >= 11 is 0. The molecule has 1 atom stereocenters. The Labute approximate surface area is 202 Å². The zero-order valence-electron chi connectivity index (χ0n) is 18.9. The largest absolute Gasteiger partial charge is 0.497 e. The number of guanidine groups is 1. The molecule has 1 aliphatic rings. The van der Waals surface area contributed by atoms with Crippen LogP contribution in [-0.4, -0.2) is 38.9 Å². The van der Waals surface area contributed by atoms with E-state index in [2.05, 4.69) is 55.7 Å². The first kappa shape index (κ1) is 25.3. The molecule has 170 valence electrons. The summed E-state index contributed by atoms with van der Waals surface area (Å²) in [6.07, 6.45) is 1.06. The van der Waals surface area contributed by atoms with Crippen molar-refractivity contribution >= 4 is 29.9 Å². The number of methoxy groups -OCH3 is 1. The number of nitrogens with one attached hydrogen (secondary N) is 2. The van der Waals surface area contributed by atoms with E-state index in [1.54, 1.807) is 7.11 Å². The quantitative estimate of drug-likeness (QED) is 0.297. The van der Waals surface area contributed by atoms with Crippen LogP contribution < -0.4 is 20.1 Å². The van der Waals surface area contributed by atoms with Crippen LogP contribution in [0.5, 0.6) is 11.5 Å². The van der Waals surface area contributed by atoms with Gasteiger partial charge in [-0.1, -0.05) is 18.2 Å². The molecule has 0 aromatic heterocycles. The fraction of sp³-hybridized carbons (Fsp3) is 0.458. The molecular formula is C24H34IN3O3. The van der Waals surface area contributed by atoms with Gasteiger partial charge in [0.25, 0.3) is 0 Å². The molecule has 1 unspecified atom stereocenters. The Morgan fingerprint density at radius 3 is 2.68 bits per heavy atom. The van der Waals surface area contributed by atoms with Crippen molar-refractivity contribution < 1.29 is 14.2 Å². The van der Waals surface area contributed by atoms with Crippen molar-refractivity contribution in [1.82, 2.24) is 10.6 Å². The fourth-order valence-corrected chi connectivity index (χ4v) is 3.43. The fourth-order valence-electron chi connectivity index (χ4n) is 3.43. The maximum Gasteiger partial charge on any atom is 0.191 e. The molecule has 1 saturated heterocycles. The highest BCUT2D eigenvalue weighted by molar-refractivity contribution is 14.0. The van der Waals surface area contributed by atoms with Crippen LogP contribution in [0.3, 0.4) is 0 Å². The van der Waals surface area contributed by atoms with Gasteiger partial charge in [-0.05, 0) is 55.7 Å². The molecule has 0 aliphatic carbocycles. The van der Waals surface area contributed by atoms with Crippen LogP contribution in [0.15, 0.2) is 41.4 Å². The number of hydrogen-bond acceptors (Lipinski definition) is 4. The Hall–Kier alpha value is -2.00. The van der Waals surface area contributed by atoms with Gasteiger partial charge in [-0.25, -0.2) is 4.99 Å². The predicted octanol–water partition coefficient (Wildman–Crippen LogP) is 4.35. The highest BCUT2D eigenvalue weighted by atomic mass is 127. The smallest absolute Gasteiger partial charge is 0.191 e. The van der Waals surface area contributed by atoms with Gasteiger partial charge >= 0.3 is 0 Å². The normalized spacial score (nSPS) is 15.9. The van der Waals surface area contributed by atoms with Crippen molar-refractivity contribution in [2.24, 2.45) is 4.99 Å². The summed E-state index contributed by atoms with van der Waals surface area (Å²) in [6.45, 7) is 9.63. The third kappa shape index (κ3) is 7.88. The molecule has 1 heterocycles. The number of rotatable bonds is 8. The van der Waals surface area contributed by atoms with Crippen LogP contribution in [0.1, 0.15) is 35.6 Å². The van der Waals surface area contributed by atoms with Crippen molar-refractivity contribution in [2.75, 3.05) is 26.9 Å². The third-order valence-corrected chi connectivity index (χ3v) is 4.96. The van der Waals surface area contributed by atoms with Crippen LogP contribution in [-0.2, 0) is 17.8 Å². The average Bonchev–Trinajstić information content (AvgIpc) is 3.24. The van der Waals surface area contributed by atoms with Crippen molar-refractivity contribution in [2.45, 2.75) is 46.4 Å². The summed E-state index contributed by atoms with van der Waals surface area (Å²) in [5, 5.41) is 6.75. The second-order valence-electron chi connectivity index (χ2n) is 7.62. The van der Waals surface area contributed by atoms with E-state index in [0.29, 0.717) is 19.7 Å². The first-order valence-electron chi connectivity index (χ1n) is 10.6. The van der Waals surface area contributed by atoms with E-state index in [9.17, 15) is 0 Å². The zero-order valence-corrected chi connectivity index (χ0v) is 21.2. The second kappa shape index (κ2) is 12.8. The molecule has 0 amide bonds. The number of hydrogen-bond donors (Lipinski definition) is 2. The minimum absolute atomic E-state index is 0. The Morgan fingerprint density at radius 2 is 1.97 bits per heavy atom. The van der Waals surface area contributed by atoms with Gasteiger partial charge in [0.2, 0.25) is 0 Å². The van der Waals surface area contributed by atoms with E-state index >= 15 is 0 Å². The second-order valence-corrected chi connectivity index (χ2v) is 7.62. The number of ether oxygens (including phenoxy) is 3. The lowest BCUT2D eigenvalue weighted by atomic mass is 10.1. The first-order chi connectivity index (χ1) is 14.6. The summed E-state index contributed by atoms with van der Waals surface area (Å²) in [7, 11) is 1.69. The predicted molar refractivity (Wildman–Crippen MR) is 136 cm³/mol. The molecule has 2 aromatic carbocycles. The van der Waals surface area contributed by atoms with Gasteiger partial charge in [-0.2, -0.15) is 0 Å². The van der Waals surface area contributed by atoms with Gasteiger partial charge in [0, 0.05) is 25.1 Å². The molecule has 0 radical (unpaired) electrons. The van der Waals surface area contributed by atoms with Crippen LogP contribution in [0.4, 0.5) is 0 Å². The van der Waals surface area contributed by atoms with Gasteiger partial charge in [0.05, 0.1) is 26.9 Å². The van der Waals surface area contributed by atoms with E-state index < -0.39 is 0 Å². The first-order valence-corrected chi connectivity index (χ1v) is 10.6. The van der Waals surface area contributed by atoms with Gasteiger partial charge < -0.3 is 24.8 Å². The van der Waals surface area contributed by atoms with Crippen molar-refractivity contribution in [1.29, 1.82) is 0 Å². The SMILES string of the molecule is CCNC(=NCc1cc(C)cc(OC)c1)NCc1ccc(C)cc1OC1CCOC1.I. The van der Waals surface area contributed by atoms with Gasteiger partial charge in [0.15, 0.2) is 5.96 Å². The number of aryl methyl sites for hydroxylation is 2. The lowest BCUT2D eigenvalue weighted by Gasteiger charge is -2.18. The number of nitrogens with zero attached hydrogens (tertiary/aromatic N) is 1. The summed E-state index contributed by atoms with van der Waals surface area (Å²) in [6, 6.07) is 12.5. The summed E-state index contributed by atoms with van der Waals surface area (Å²) < 4.78 is 17.0. The maximum atomic E-state index is 6.21. The Bertz CT molecular complexity index is 867. The highest BCUT2D eigenvalue weighted by Gasteiger charge is 2.18. The van der Waals surface area contributed by atoms with Gasteiger partial charge in [0.1, 0.15) is 17.6 Å². The van der Waals surface area contributed by atoms with Crippen molar-refractivity contribution in [3.63, 3.8) is 0 Å². The van der Waals surface area contributed by atoms with Crippen LogP contribution in [0.2, 0.25) is 0 Å². The molecule has 31 heavy (non-hydrogen) atoms. The molecule has 7 heteroatoms. The van der Waals surface area contributed by atoms with E-state index in [1.807, 2.05) is 12.1 Å². The number of benzene rings is 2. The average molecular weight is 539 g/mol. The minimum atomic E-state index is 0. The highest BCUT2D eigenvalue weighted by Crippen LogP contribution is 2.24. The lowest BCUT2D eigenvalue weighted by Crippen LogP contribution is -2.37. The van der Waals surface area contributed by atoms with E-state index in [0.717, 1.165) is 53.7 Å². The van der Waals surface area contributed by atoms with Crippen molar-refractivity contribution in [3.8, 4) is 11.5 Å². The van der Waals surface area contributed by atoms with Crippen LogP contribution >= 0.6 is 24.0 Å². The minimum Gasteiger partial charge on any atom is -0.497 e. The van der Waals surface area contributed by atoms with E-state index in [1.165, 1.54) is 5.56 Å². The molecular weight excluding hydrogens is 505 g/mol. The van der Waals surface area contributed by atoms with Crippen LogP contribution in [0, 0.1) is 13.8 Å². The molecule has 0 bridgehead atoms. The summed E-state index contributed by atoms with van der Waals surface area (Å²) in [4.78, 5) is 4.74. The molecule has 2 N–H and O–H groups in total. The van der Waals surface area contributed by atoms with E-state index in [-0.39, 0.29) is 30.1 Å². The topological polar surface area (TPSA) is 64.1 Å². The third-order valence-electron chi connectivity index (χ3n) is 4.96. The number of aliphatic imine (C=N–C) groups is 1. The maximum absolute atomic E-state index is 6.21. The molecule has 0 spiro atoms. The molecule has 2 aromatic rings. The van der Waals surface area contributed by atoms with E-state index in [4.69, 9.17) is 19.2 Å². The Morgan fingerprint density at radius 1 is 1.13 bits per heavy atom. The molecule has 3 rings (SSSR count). The zero-order chi connectivity index (χ0) is 21.3. The molecule has 0 saturated carbocycles. The lowest BCUT2D eigenvalue weighted by molar-refractivity contribution is 0.140. The summed E-state index contributed by atoms with van der Waals surface area (Å²) in [5.74, 6) is 2.54. The molecule has 6 nitrogen and oxygen atoms in total. The number of halogens is 1. The van der Waals surface area contributed by atoms with Gasteiger partial charge in [-0.3, -0.25) is 0 Å². The Balaban J connectivity index is 0.00000341. The Kier molecular flexibility index (Phi) is 10.4. The van der Waals surface area contributed by atoms with Crippen LogP contribution in [0.25, 0.3) is 0 Å². The summed E-state index contributed by atoms with van der Waals surface area (Å²) in [5.41, 5.74) is 4.57. The molecule has 1 fully saturated rings. The monoisotopic (exact) mass is 539 g/mol. The standard InChI is InChI=1S/C24H33N3O3.HI/c1-5-25-24(26-14-19-10-18(3)11-22(13-19)28-4)27-15-20-7-6-17(2)12-23(20)30-21-8-9-29-16-21;/h6-7,10-13,21H,5,8-9,14-16H2,1-4H3,(H2,25,26,27);1H. The van der Waals surface area contributed by atoms with Crippen molar-refractivity contribution in [3.05, 3.63) is 58.7 Å².